The highest BCUT2D eigenvalue weighted by atomic mass is 32.2. The van der Waals surface area contributed by atoms with Crippen LogP contribution < -0.4 is 0 Å². The van der Waals surface area contributed by atoms with Crippen LogP contribution in [0.4, 0.5) is 0 Å². The molecule has 1 aromatic rings. The number of nitrogens with zero attached hydrogens (tertiary/aromatic N) is 2. The maximum Gasteiger partial charge on any atom is 0.324 e. The van der Waals surface area contributed by atoms with Gasteiger partial charge >= 0.3 is 5.97 Å². The second-order valence-corrected chi connectivity index (χ2v) is 6.52. The Kier molecular flexibility index (Phi) is 4.87. The van der Waals surface area contributed by atoms with Crippen LogP contribution in [0.15, 0.2) is 35.2 Å². The lowest BCUT2D eigenvalue weighted by Gasteiger charge is -2.33. The molecule has 0 saturated heterocycles. The van der Waals surface area contributed by atoms with E-state index in [1.165, 1.54) is 26.0 Å². The van der Waals surface area contributed by atoms with Crippen LogP contribution in [0, 0.1) is 11.3 Å². The number of hydrogen-bond donors (Lipinski definition) is 1. The second kappa shape index (κ2) is 6.03. The number of benzene rings is 1. The zero-order chi connectivity index (χ0) is 15.4. The van der Waals surface area contributed by atoms with Crippen molar-refractivity contribution in [2.45, 2.75) is 30.7 Å². The Labute approximate surface area is 118 Å². The smallest absolute Gasteiger partial charge is 0.324 e. The minimum atomic E-state index is -3.97. The van der Waals surface area contributed by atoms with Crippen LogP contribution in [0.1, 0.15) is 20.3 Å². The van der Waals surface area contributed by atoms with E-state index in [1.54, 1.807) is 18.2 Å². The zero-order valence-electron chi connectivity index (χ0n) is 11.3. The Morgan fingerprint density at radius 1 is 1.35 bits per heavy atom. The van der Waals surface area contributed by atoms with Gasteiger partial charge < -0.3 is 5.11 Å². The summed E-state index contributed by atoms with van der Waals surface area (Å²) in [4.78, 5) is 11.3. The van der Waals surface area contributed by atoms with Gasteiger partial charge in [-0.2, -0.15) is 9.57 Å². The van der Waals surface area contributed by atoms with E-state index in [4.69, 9.17) is 5.26 Å². The van der Waals surface area contributed by atoms with Crippen molar-refractivity contribution in [1.82, 2.24) is 4.31 Å². The van der Waals surface area contributed by atoms with Crippen molar-refractivity contribution in [1.29, 1.82) is 5.26 Å². The summed E-state index contributed by atoms with van der Waals surface area (Å²) in [6.45, 7) is 2.42. The van der Waals surface area contributed by atoms with Gasteiger partial charge in [-0.1, -0.05) is 18.2 Å². The Balaban J connectivity index is 3.32. The molecule has 0 fully saturated rings. The van der Waals surface area contributed by atoms with Gasteiger partial charge in [-0.25, -0.2) is 8.42 Å². The second-order valence-electron chi connectivity index (χ2n) is 4.66. The summed E-state index contributed by atoms with van der Waals surface area (Å²) in [7, 11) is -3.97. The third-order valence-corrected chi connectivity index (χ3v) is 4.99. The zero-order valence-corrected chi connectivity index (χ0v) is 12.1. The molecule has 1 N–H and O–H groups in total. The number of sulfonamides is 1. The number of hydrogen-bond acceptors (Lipinski definition) is 4. The van der Waals surface area contributed by atoms with Gasteiger partial charge in [-0.15, -0.1) is 0 Å². The molecule has 0 saturated carbocycles. The summed E-state index contributed by atoms with van der Waals surface area (Å²) in [5.74, 6) is -1.27. The number of carboxylic acid groups (broad SMARTS) is 1. The number of carboxylic acids is 1. The van der Waals surface area contributed by atoms with E-state index < -0.39 is 21.5 Å². The Hall–Kier alpha value is -1.91. The fourth-order valence-corrected chi connectivity index (χ4v) is 3.44. The van der Waals surface area contributed by atoms with E-state index in [-0.39, 0.29) is 17.9 Å². The first-order valence-corrected chi connectivity index (χ1v) is 7.37. The van der Waals surface area contributed by atoms with Gasteiger partial charge in [-0.05, 0) is 26.0 Å². The maximum atomic E-state index is 12.5. The van der Waals surface area contributed by atoms with E-state index in [2.05, 4.69) is 0 Å². The van der Waals surface area contributed by atoms with E-state index in [0.29, 0.717) is 0 Å². The summed E-state index contributed by atoms with van der Waals surface area (Å²) < 4.78 is 25.9. The van der Waals surface area contributed by atoms with Crippen molar-refractivity contribution >= 4 is 16.0 Å². The molecule has 6 nitrogen and oxygen atoms in total. The Bertz CT molecular complexity index is 618. The number of carbonyl (C=O) groups is 1. The van der Waals surface area contributed by atoms with Gasteiger partial charge in [0.2, 0.25) is 10.0 Å². The highest BCUT2D eigenvalue weighted by Gasteiger charge is 2.42. The third kappa shape index (κ3) is 3.15. The van der Waals surface area contributed by atoms with Gasteiger partial charge in [-0.3, -0.25) is 4.79 Å². The van der Waals surface area contributed by atoms with Crippen molar-refractivity contribution in [3.63, 3.8) is 0 Å². The van der Waals surface area contributed by atoms with E-state index in [9.17, 15) is 18.3 Å². The molecule has 0 aliphatic rings. The molecule has 0 bridgehead atoms. The first-order valence-electron chi connectivity index (χ1n) is 5.93. The SMILES string of the molecule is CC(C)(C(=O)O)N(CCC#N)S(=O)(=O)c1ccccc1. The fraction of sp³-hybridized carbons (Fsp3) is 0.385. The van der Waals surface area contributed by atoms with E-state index in [0.717, 1.165) is 4.31 Å². The predicted molar refractivity (Wildman–Crippen MR) is 72.3 cm³/mol. The molecule has 0 heterocycles. The summed E-state index contributed by atoms with van der Waals surface area (Å²) in [5.41, 5.74) is -1.63. The van der Waals surface area contributed by atoms with Crippen LogP contribution in [0.3, 0.4) is 0 Å². The van der Waals surface area contributed by atoms with Crippen molar-refractivity contribution in [2.24, 2.45) is 0 Å². The predicted octanol–water partition coefficient (Wildman–Crippen LogP) is 1.45. The molecule has 0 spiro atoms. The topological polar surface area (TPSA) is 98.5 Å². The van der Waals surface area contributed by atoms with Crippen LogP contribution in [0.2, 0.25) is 0 Å². The molecule has 0 unspecified atom stereocenters. The molecular weight excluding hydrogens is 280 g/mol. The summed E-state index contributed by atoms with van der Waals surface area (Å²) in [6, 6.07) is 9.41. The lowest BCUT2D eigenvalue weighted by molar-refractivity contribution is -0.146. The van der Waals surface area contributed by atoms with Crippen molar-refractivity contribution in [3.05, 3.63) is 30.3 Å². The quantitative estimate of drug-likeness (QED) is 0.856. The van der Waals surface area contributed by atoms with Crippen LogP contribution in [-0.4, -0.2) is 35.9 Å². The highest BCUT2D eigenvalue weighted by molar-refractivity contribution is 7.89. The molecule has 20 heavy (non-hydrogen) atoms. The normalized spacial score (nSPS) is 12.1. The minimum Gasteiger partial charge on any atom is -0.480 e. The lowest BCUT2D eigenvalue weighted by atomic mass is 10.1. The van der Waals surface area contributed by atoms with Crippen LogP contribution in [0.25, 0.3) is 0 Å². The molecule has 0 aromatic heterocycles. The van der Waals surface area contributed by atoms with Crippen LogP contribution in [0.5, 0.6) is 0 Å². The van der Waals surface area contributed by atoms with Gasteiger partial charge in [0.25, 0.3) is 0 Å². The van der Waals surface area contributed by atoms with Crippen molar-refractivity contribution in [2.75, 3.05) is 6.54 Å². The molecule has 0 aliphatic carbocycles. The summed E-state index contributed by atoms with van der Waals surface area (Å²) in [6.07, 6.45) is -0.0806. The minimum absolute atomic E-state index is 0.00673. The molecule has 0 amide bonds. The molecular formula is C13H16N2O4S. The Morgan fingerprint density at radius 3 is 2.35 bits per heavy atom. The van der Waals surface area contributed by atoms with E-state index in [1.807, 2.05) is 6.07 Å². The van der Waals surface area contributed by atoms with Gasteiger partial charge in [0.05, 0.1) is 11.0 Å². The number of aliphatic carboxylic acids is 1. The largest absolute Gasteiger partial charge is 0.480 e. The van der Waals surface area contributed by atoms with Gasteiger partial charge in [0.1, 0.15) is 5.54 Å². The lowest BCUT2D eigenvalue weighted by Crippen LogP contribution is -2.53. The monoisotopic (exact) mass is 296 g/mol. The average Bonchev–Trinajstić information content (AvgIpc) is 2.39. The van der Waals surface area contributed by atoms with Crippen LogP contribution >= 0.6 is 0 Å². The Morgan fingerprint density at radius 2 is 1.90 bits per heavy atom. The molecule has 0 atom stereocenters. The molecule has 1 aromatic carbocycles. The third-order valence-electron chi connectivity index (χ3n) is 2.90. The molecule has 0 radical (unpaired) electrons. The first kappa shape index (κ1) is 16.1. The maximum absolute atomic E-state index is 12.5. The summed E-state index contributed by atoms with van der Waals surface area (Å²) in [5, 5.41) is 17.9. The van der Waals surface area contributed by atoms with Gasteiger partial charge in [0, 0.05) is 13.0 Å². The van der Waals surface area contributed by atoms with Crippen molar-refractivity contribution in [3.8, 4) is 6.07 Å². The molecule has 0 aliphatic heterocycles. The van der Waals surface area contributed by atoms with Crippen LogP contribution in [-0.2, 0) is 14.8 Å². The molecule has 7 heteroatoms. The summed E-state index contributed by atoms with van der Waals surface area (Å²) >= 11 is 0. The molecule has 1 rings (SSSR count). The standard InChI is InChI=1S/C13H16N2O4S/c1-13(2,12(16)17)15(10-6-9-14)20(18,19)11-7-4-3-5-8-11/h3-5,7-8H,6,10H2,1-2H3,(H,16,17). The molecule has 108 valence electrons. The van der Waals surface area contributed by atoms with E-state index >= 15 is 0 Å². The first-order chi connectivity index (χ1) is 9.24. The highest BCUT2D eigenvalue weighted by Crippen LogP contribution is 2.25. The van der Waals surface area contributed by atoms with Crippen molar-refractivity contribution < 1.29 is 18.3 Å². The van der Waals surface area contributed by atoms with Gasteiger partial charge in [0.15, 0.2) is 0 Å². The average molecular weight is 296 g/mol. The number of nitriles is 1. The fourth-order valence-electron chi connectivity index (χ4n) is 1.68. The number of rotatable bonds is 6.